The van der Waals surface area contributed by atoms with E-state index in [0.717, 1.165) is 25.3 Å². The van der Waals surface area contributed by atoms with Crippen molar-refractivity contribution in [3.63, 3.8) is 0 Å². The number of hydrogen-bond donors (Lipinski definition) is 3. The number of hydrogen-bond acceptors (Lipinski definition) is 6. The summed E-state index contributed by atoms with van der Waals surface area (Å²) in [5.41, 5.74) is 1.36. The molecule has 0 radical (unpaired) electrons. The first kappa shape index (κ1) is 19.5. The number of aromatic nitrogens is 1. The van der Waals surface area contributed by atoms with Gasteiger partial charge in [-0.05, 0) is 67.9 Å². The number of nitrogens with zero attached hydrogens (tertiary/aromatic N) is 2. The summed E-state index contributed by atoms with van der Waals surface area (Å²) in [4.78, 5) is 31.5. The van der Waals surface area contributed by atoms with Crippen molar-refractivity contribution in [2.24, 2.45) is 5.41 Å². The van der Waals surface area contributed by atoms with Crippen LogP contribution in [-0.4, -0.2) is 54.6 Å². The molecule has 7 nitrogen and oxygen atoms in total. The maximum absolute atomic E-state index is 13.1. The fourth-order valence-corrected chi connectivity index (χ4v) is 4.37. The standard InChI is InChI=1S/C22H26N4O3/c27-20(22(21(28)29)7-11-24-12-8-22)17-1-3-18(4-2-17)26-14-13-25-15-19(26)16-5-9-23-10-6-16/h1-6,9-10,19,24-25H,7-8,11-15H2,(H,28,29). The third kappa shape index (κ3) is 3.75. The SMILES string of the molecule is O=C(O)C1(C(=O)c2ccc(N3CCNCC3c3ccncc3)cc2)CCNCC1. The summed E-state index contributed by atoms with van der Waals surface area (Å²) in [6.45, 7) is 3.66. The number of piperidine rings is 1. The van der Waals surface area contributed by atoms with E-state index in [4.69, 9.17) is 0 Å². The van der Waals surface area contributed by atoms with Crippen LogP contribution in [-0.2, 0) is 4.79 Å². The molecular weight excluding hydrogens is 368 g/mol. The first-order valence-electron chi connectivity index (χ1n) is 10.1. The van der Waals surface area contributed by atoms with Gasteiger partial charge in [-0.25, -0.2) is 0 Å². The maximum atomic E-state index is 13.1. The van der Waals surface area contributed by atoms with Gasteiger partial charge in [-0.15, -0.1) is 0 Å². The third-order valence-electron chi connectivity index (χ3n) is 6.10. The number of carbonyl (C=O) groups excluding carboxylic acids is 1. The van der Waals surface area contributed by atoms with Crippen LogP contribution in [0.3, 0.4) is 0 Å². The summed E-state index contributed by atoms with van der Waals surface area (Å²) in [6, 6.07) is 11.6. The van der Waals surface area contributed by atoms with Crippen molar-refractivity contribution in [1.82, 2.24) is 15.6 Å². The van der Waals surface area contributed by atoms with Crippen molar-refractivity contribution in [1.29, 1.82) is 0 Å². The van der Waals surface area contributed by atoms with Crippen LogP contribution in [0.5, 0.6) is 0 Å². The van der Waals surface area contributed by atoms with Crippen LogP contribution in [0.25, 0.3) is 0 Å². The largest absolute Gasteiger partial charge is 0.480 e. The van der Waals surface area contributed by atoms with Crippen molar-refractivity contribution in [3.05, 3.63) is 59.9 Å². The van der Waals surface area contributed by atoms with Crippen molar-refractivity contribution < 1.29 is 14.7 Å². The predicted octanol–water partition coefficient (Wildman–Crippen LogP) is 1.87. The molecule has 1 aromatic heterocycles. The molecule has 7 heteroatoms. The second kappa shape index (κ2) is 8.31. The molecule has 152 valence electrons. The van der Waals surface area contributed by atoms with Gasteiger partial charge < -0.3 is 20.6 Å². The van der Waals surface area contributed by atoms with Gasteiger partial charge in [0.1, 0.15) is 5.41 Å². The molecule has 2 aromatic rings. The smallest absolute Gasteiger partial charge is 0.317 e. The van der Waals surface area contributed by atoms with E-state index in [1.165, 1.54) is 5.56 Å². The van der Waals surface area contributed by atoms with Gasteiger partial charge in [0, 0.05) is 43.3 Å². The van der Waals surface area contributed by atoms with Crippen molar-refractivity contribution in [2.45, 2.75) is 18.9 Å². The average Bonchev–Trinajstić information content (AvgIpc) is 2.79. The molecule has 2 aliphatic heterocycles. The highest BCUT2D eigenvalue weighted by Gasteiger charge is 2.46. The normalized spacial score (nSPS) is 21.5. The van der Waals surface area contributed by atoms with Crippen LogP contribution in [0.1, 0.15) is 34.8 Å². The van der Waals surface area contributed by atoms with Gasteiger partial charge in [0.25, 0.3) is 0 Å². The second-order valence-electron chi connectivity index (χ2n) is 7.71. The number of carboxylic acid groups (broad SMARTS) is 1. The van der Waals surface area contributed by atoms with Gasteiger partial charge in [-0.2, -0.15) is 0 Å². The lowest BCUT2D eigenvalue weighted by Gasteiger charge is -2.38. The molecule has 3 N–H and O–H groups in total. The number of rotatable bonds is 5. The molecule has 0 saturated carbocycles. The molecular formula is C22H26N4O3. The molecule has 4 rings (SSSR count). The molecule has 0 bridgehead atoms. The molecule has 1 aromatic carbocycles. The van der Waals surface area contributed by atoms with Crippen LogP contribution in [0.2, 0.25) is 0 Å². The van der Waals surface area contributed by atoms with E-state index in [0.29, 0.717) is 31.5 Å². The fraction of sp³-hybridized carbons (Fsp3) is 0.409. The fourth-order valence-electron chi connectivity index (χ4n) is 4.37. The zero-order valence-electron chi connectivity index (χ0n) is 16.3. The van der Waals surface area contributed by atoms with Crippen LogP contribution in [0, 0.1) is 5.41 Å². The minimum absolute atomic E-state index is 0.183. The van der Waals surface area contributed by atoms with Gasteiger partial charge in [0.05, 0.1) is 6.04 Å². The number of piperazine rings is 1. The quantitative estimate of drug-likeness (QED) is 0.526. The lowest BCUT2D eigenvalue weighted by atomic mass is 9.73. The molecule has 2 saturated heterocycles. The van der Waals surface area contributed by atoms with Crippen LogP contribution >= 0.6 is 0 Å². The number of ketones is 1. The van der Waals surface area contributed by atoms with Gasteiger partial charge in [0.2, 0.25) is 0 Å². The molecule has 0 aliphatic carbocycles. The molecule has 2 aliphatic rings. The Morgan fingerprint density at radius 2 is 1.69 bits per heavy atom. The van der Waals surface area contributed by atoms with E-state index in [1.807, 2.05) is 24.3 Å². The molecule has 2 fully saturated rings. The Morgan fingerprint density at radius 3 is 2.34 bits per heavy atom. The number of benzene rings is 1. The van der Waals surface area contributed by atoms with Crippen LogP contribution in [0.4, 0.5) is 5.69 Å². The Labute approximate surface area is 170 Å². The Bertz CT molecular complexity index is 863. The van der Waals surface area contributed by atoms with E-state index in [-0.39, 0.29) is 11.8 Å². The number of anilines is 1. The highest BCUT2D eigenvalue weighted by Crippen LogP contribution is 2.34. The number of carboxylic acids is 1. The van der Waals surface area contributed by atoms with Gasteiger partial charge in [-0.1, -0.05) is 0 Å². The van der Waals surface area contributed by atoms with Gasteiger partial charge in [0.15, 0.2) is 5.78 Å². The molecule has 3 heterocycles. The van der Waals surface area contributed by atoms with E-state index in [1.54, 1.807) is 24.5 Å². The highest BCUT2D eigenvalue weighted by molar-refractivity contribution is 6.12. The highest BCUT2D eigenvalue weighted by atomic mass is 16.4. The minimum atomic E-state index is -1.32. The summed E-state index contributed by atoms with van der Waals surface area (Å²) in [5.74, 6) is -1.31. The summed E-state index contributed by atoms with van der Waals surface area (Å²) in [7, 11) is 0. The molecule has 29 heavy (non-hydrogen) atoms. The summed E-state index contributed by atoms with van der Waals surface area (Å²) in [5, 5.41) is 16.3. The summed E-state index contributed by atoms with van der Waals surface area (Å²) < 4.78 is 0. The first-order chi connectivity index (χ1) is 14.1. The number of pyridine rings is 1. The minimum Gasteiger partial charge on any atom is -0.480 e. The summed E-state index contributed by atoms with van der Waals surface area (Å²) >= 11 is 0. The number of Topliss-reactive ketones (excluding diaryl/α,β-unsaturated/α-hetero) is 1. The van der Waals surface area contributed by atoms with E-state index >= 15 is 0 Å². The Hall–Kier alpha value is -2.77. The topological polar surface area (TPSA) is 94.6 Å². The zero-order chi connectivity index (χ0) is 20.3. The van der Waals surface area contributed by atoms with Gasteiger partial charge in [-0.3, -0.25) is 14.6 Å². The van der Waals surface area contributed by atoms with Crippen molar-refractivity contribution >= 4 is 17.4 Å². The predicted molar refractivity (Wildman–Crippen MR) is 110 cm³/mol. The Balaban J connectivity index is 1.58. The molecule has 1 unspecified atom stereocenters. The van der Waals surface area contributed by atoms with E-state index < -0.39 is 11.4 Å². The number of nitrogens with one attached hydrogen (secondary N) is 2. The van der Waals surface area contributed by atoms with Crippen LogP contribution < -0.4 is 15.5 Å². The average molecular weight is 394 g/mol. The zero-order valence-corrected chi connectivity index (χ0v) is 16.3. The lowest BCUT2D eigenvalue weighted by molar-refractivity contribution is -0.147. The van der Waals surface area contributed by atoms with Crippen LogP contribution in [0.15, 0.2) is 48.8 Å². The van der Waals surface area contributed by atoms with Gasteiger partial charge >= 0.3 is 5.97 Å². The Morgan fingerprint density at radius 1 is 1.00 bits per heavy atom. The number of carbonyl (C=O) groups is 2. The molecule has 1 atom stereocenters. The maximum Gasteiger partial charge on any atom is 0.317 e. The molecule has 0 spiro atoms. The second-order valence-corrected chi connectivity index (χ2v) is 7.71. The Kier molecular flexibility index (Phi) is 5.60. The third-order valence-corrected chi connectivity index (χ3v) is 6.10. The lowest BCUT2D eigenvalue weighted by Crippen LogP contribution is -2.47. The number of aliphatic carboxylic acids is 1. The monoisotopic (exact) mass is 394 g/mol. The van der Waals surface area contributed by atoms with Crippen molar-refractivity contribution in [3.8, 4) is 0 Å². The van der Waals surface area contributed by atoms with Crippen molar-refractivity contribution in [2.75, 3.05) is 37.6 Å². The molecule has 0 amide bonds. The summed E-state index contributed by atoms with van der Waals surface area (Å²) in [6.07, 6.45) is 4.25. The first-order valence-corrected chi connectivity index (χ1v) is 10.1. The van der Waals surface area contributed by atoms with E-state index in [2.05, 4.69) is 20.5 Å². The van der Waals surface area contributed by atoms with E-state index in [9.17, 15) is 14.7 Å².